The predicted octanol–water partition coefficient (Wildman–Crippen LogP) is 19.4. The molecule has 10 aromatic rings. The van der Waals surface area contributed by atoms with Crippen molar-refractivity contribution in [3.63, 3.8) is 0 Å². The quantitative estimate of drug-likeness (QED) is 0.126. The fourth-order valence-electron chi connectivity index (χ4n) is 12.5. The molecule has 0 aliphatic heterocycles. The van der Waals surface area contributed by atoms with E-state index in [1.807, 2.05) is 0 Å². The molecule has 334 valence electrons. The van der Waals surface area contributed by atoms with Crippen LogP contribution >= 0.6 is 0 Å². The van der Waals surface area contributed by atoms with E-state index in [4.69, 9.17) is 0 Å². The van der Waals surface area contributed by atoms with E-state index in [1.165, 1.54) is 173 Å². The molecule has 0 amide bonds. The van der Waals surface area contributed by atoms with Gasteiger partial charge in [-0.1, -0.05) is 171 Å². The van der Waals surface area contributed by atoms with Crippen LogP contribution in [0, 0.1) is 27.7 Å². The number of hydrogen-bond acceptors (Lipinski definition) is 2. The summed E-state index contributed by atoms with van der Waals surface area (Å²) in [4.78, 5) is 5.20. The zero-order valence-electron chi connectivity index (χ0n) is 40.0. The third-order valence-corrected chi connectivity index (χ3v) is 15.9. The van der Waals surface area contributed by atoms with Gasteiger partial charge in [0.1, 0.15) is 0 Å². The molecule has 0 aromatic heterocycles. The molecule has 0 atom stereocenters. The van der Waals surface area contributed by atoms with E-state index >= 15 is 0 Å². The van der Waals surface area contributed by atoms with Crippen molar-refractivity contribution >= 4 is 66.4 Å². The molecule has 2 saturated carbocycles. The fraction of sp³-hybridized carbons (Fsp3) is 0.212. The smallest absolute Gasteiger partial charge is 0.0540 e. The first kappa shape index (κ1) is 42.2. The molecule has 0 unspecified atom stereocenters. The summed E-state index contributed by atoms with van der Waals surface area (Å²) in [7, 11) is 0. The second-order valence-electron chi connectivity index (χ2n) is 20.0. The molecule has 2 fully saturated rings. The van der Waals surface area contributed by atoms with Crippen LogP contribution in [0.25, 0.3) is 54.6 Å². The number of anilines is 6. The summed E-state index contributed by atoms with van der Waals surface area (Å²) in [5, 5.41) is 7.69. The highest BCUT2D eigenvalue weighted by Gasteiger charge is 2.28. The van der Waals surface area contributed by atoms with Crippen LogP contribution in [-0.4, -0.2) is 0 Å². The molecule has 2 aliphatic rings. The van der Waals surface area contributed by atoms with Crippen LogP contribution < -0.4 is 9.80 Å². The van der Waals surface area contributed by atoms with Crippen LogP contribution in [0.4, 0.5) is 34.1 Å². The molecule has 2 nitrogen and oxygen atoms in total. The van der Waals surface area contributed by atoms with Gasteiger partial charge in [0, 0.05) is 22.1 Å². The normalized spacial score (nSPS) is 14.5. The lowest BCUT2D eigenvalue weighted by atomic mass is 9.90. The lowest BCUT2D eigenvalue weighted by molar-refractivity contribution is 0.723. The molecule has 0 radical (unpaired) electrons. The second kappa shape index (κ2) is 17.5. The Hall–Kier alpha value is -7.16. The number of aryl methyl sites for hydroxylation is 2. The summed E-state index contributed by atoms with van der Waals surface area (Å²) in [5.41, 5.74) is 20.4. The van der Waals surface area contributed by atoms with Crippen molar-refractivity contribution in [2.24, 2.45) is 0 Å². The summed E-state index contributed by atoms with van der Waals surface area (Å²) < 4.78 is 0. The maximum absolute atomic E-state index is 2.60. The topological polar surface area (TPSA) is 6.48 Å². The number of hydrogen-bond donors (Lipinski definition) is 0. The van der Waals surface area contributed by atoms with Crippen LogP contribution in [0.2, 0.25) is 0 Å². The van der Waals surface area contributed by atoms with Crippen LogP contribution in [0.3, 0.4) is 0 Å². The maximum atomic E-state index is 2.60. The van der Waals surface area contributed by atoms with Gasteiger partial charge in [-0.3, -0.25) is 0 Å². The van der Waals surface area contributed by atoms with Crippen LogP contribution in [0.1, 0.15) is 96.6 Å². The van der Waals surface area contributed by atoms with E-state index in [-0.39, 0.29) is 0 Å². The third kappa shape index (κ3) is 7.24. The van der Waals surface area contributed by atoms with Gasteiger partial charge < -0.3 is 9.80 Å². The van der Waals surface area contributed by atoms with Crippen molar-refractivity contribution in [2.45, 2.75) is 90.9 Å². The van der Waals surface area contributed by atoms with E-state index in [0.29, 0.717) is 11.8 Å². The standard InChI is InChI=1S/C66H60N2/c1-43-29-35-57(49-21-7-5-8-22-49)45(3)65(43)67(55-27-15-25-53(41-55)47-17-11-12-18-47)61-39-33-51-32-38-60-62(40-34-52-31-37-59(61)63(51)64(52)60)68(56-28-16-26-54(42-56)48-19-13-14-20-48)66-44(2)30-36-58(46(66)4)50-23-9-6-10-24-50/h5-10,15-16,21-42,47-48H,11-14,17-20H2,1-4H3. The van der Waals surface area contributed by atoms with Crippen molar-refractivity contribution in [3.05, 3.63) is 215 Å². The molecular weight excluding hydrogens is 821 g/mol. The highest BCUT2D eigenvalue weighted by molar-refractivity contribution is 6.28. The van der Waals surface area contributed by atoms with Crippen molar-refractivity contribution in [1.29, 1.82) is 0 Å². The first-order valence-electron chi connectivity index (χ1n) is 25.2. The van der Waals surface area contributed by atoms with Gasteiger partial charge in [0.2, 0.25) is 0 Å². The Labute approximate surface area is 402 Å². The molecule has 12 rings (SSSR count). The van der Waals surface area contributed by atoms with Crippen molar-refractivity contribution in [2.75, 3.05) is 9.80 Å². The zero-order chi connectivity index (χ0) is 45.9. The molecule has 10 aromatic carbocycles. The highest BCUT2D eigenvalue weighted by Crippen LogP contribution is 2.51. The summed E-state index contributed by atoms with van der Waals surface area (Å²) >= 11 is 0. The Morgan fingerprint density at radius 1 is 0.368 bits per heavy atom. The first-order valence-corrected chi connectivity index (χ1v) is 25.2. The Bertz CT molecular complexity index is 3230. The lowest BCUT2D eigenvalue weighted by Gasteiger charge is -2.33. The monoisotopic (exact) mass is 880 g/mol. The van der Waals surface area contributed by atoms with Crippen molar-refractivity contribution in [1.82, 2.24) is 0 Å². The average molecular weight is 881 g/mol. The summed E-state index contributed by atoms with van der Waals surface area (Å²) in [6, 6.07) is 69.3. The predicted molar refractivity (Wildman–Crippen MR) is 292 cm³/mol. The molecular formula is C66H60N2. The van der Waals surface area contributed by atoms with Gasteiger partial charge in [-0.15, -0.1) is 0 Å². The Balaban J connectivity index is 1.11. The minimum absolute atomic E-state index is 0.608. The van der Waals surface area contributed by atoms with Gasteiger partial charge in [-0.05, 0) is 179 Å². The Morgan fingerprint density at radius 3 is 1.18 bits per heavy atom. The summed E-state index contributed by atoms with van der Waals surface area (Å²) in [6.45, 7) is 9.24. The van der Waals surface area contributed by atoms with E-state index < -0.39 is 0 Å². The van der Waals surface area contributed by atoms with Crippen LogP contribution in [0.5, 0.6) is 0 Å². The van der Waals surface area contributed by atoms with E-state index in [2.05, 4.69) is 219 Å². The molecule has 0 heterocycles. The SMILES string of the molecule is Cc1ccc(-c2ccccc2)c(C)c1N(c1cccc(C2CCCC2)c1)c1ccc2ccc3c(N(c4cccc(C5CCCC5)c4)c4c(C)ccc(-c5ccccc5)c4C)ccc4ccc1c2c43. The molecule has 2 heteroatoms. The minimum atomic E-state index is 0.608. The van der Waals surface area contributed by atoms with Crippen LogP contribution in [-0.2, 0) is 0 Å². The fourth-order valence-corrected chi connectivity index (χ4v) is 12.5. The van der Waals surface area contributed by atoms with Gasteiger partial charge in [-0.25, -0.2) is 0 Å². The van der Waals surface area contributed by atoms with Crippen molar-refractivity contribution < 1.29 is 0 Å². The van der Waals surface area contributed by atoms with Gasteiger partial charge in [0.15, 0.2) is 0 Å². The zero-order valence-corrected chi connectivity index (χ0v) is 40.0. The van der Waals surface area contributed by atoms with Gasteiger partial charge >= 0.3 is 0 Å². The lowest BCUT2D eigenvalue weighted by Crippen LogP contribution is -2.15. The maximum Gasteiger partial charge on any atom is 0.0540 e. The highest BCUT2D eigenvalue weighted by atomic mass is 15.2. The van der Waals surface area contributed by atoms with Crippen LogP contribution in [0.15, 0.2) is 182 Å². The molecule has 0 N–H and O–H groups in total. The Morgan fingerprint density at radius 2 is 0.765 bits per heavy atom. The molecule has 0 bridgehead atoms. The molecule has 0 saturated heterocycles. The van der Waals surface area contributed by atoms with Gasteiger partial charge in [0.25, 0.3) is 0 Å². The minimum Gasteiger partial charge on any atom is -0.309 e. The summed E-state index contributed by atoms with van der Waals surface area (Å²) in [6.07, 6.45) is 10.3. The third-order valence-electron chi connectivity index (χ3n) is 15.9. The number of nitrogens with zero attached hydrogens (tertiary/aromatic N) is 2. The largest absolute Gasteiger partial charge is 0.309 e. The molecule has 68 heavy (non-hydrogen) atoms. The van der Waals surface area contributed by atoms with E-state index in [0.717, 1.165) is 0 Å². The van der Waals surface area contributed by atoms with Gasteiger partial charge in [-0.2, -0.15) is 0 Å². The average Bonchev–Trinajstić information content (AvgIpc) is 4.14. The number of benzene rings is 10. The molecule has 2 aliphatic carbocycles. The van der Waals surface area contributed by atoms with Gasteiger partial charge in [0.05, 0.1) is 22.7 Å². The van der Waals surface area contributed by atoms with Crippen molar-refractivity contribution in [3.8, 4) is 22.3 Å². The second-order valence-corrected chi connectivity index (χ2v) is 20.0. The van der Waals surface area contributed by atoms with E-state index in [1.54, 1.807) is 0 Å². The first-order chi connectivity index (χ1) is 33.4. The van der Waals surface area contributed by atoms with E-state index in [9.17, 15) is 0 Å². The number of rotatable bonds is 10. The Kier molecular flexibility index (Phi) is 10.9. The molecule has 0 spiro atoms. The summed E-state index contributed by atoms with van der Waals surface area (Å²) in [5.74, 6) is 1.22.